The first kappa shape index (κ1) is 49.4. The van der Waals surface area contributed by atoms with Crippen LogP contribution >= 0.6 is 12.2 Å². The number of carboxylic acid groups (broad SMARTS) is 2. The minimum absolute atomic E-state index is 0.00550. The van der Waals surface area contributed by atoms with Gasteiger partial charge in [0.1, 0.15) is 28.7 Å². The lowest BCUT2D eigenvalue weighted by Gasteiger charge is -2.33. The number of carbonyl (C=O) groups is 5. The maximum absolute atomic E-state index is 12.6. The summed E-state index contributed by atoms with van der Waals surface area (Å²) in [7, 11) is 0. The molecule has 0 bridgehead atoms. The van der Waals surface area contributed by atoms with Gasteiger partial charge in [0.25, 0.3) is 0 Å². The van der Waals surface area contributed by atoms with Crippen LogP contribution in [0.2, 0.25) is 0 Å². The largest absolute Gasteiger partial charge is 0.480 e. The Hall–Kier alpha value is -5.66. The first-order valence-corrected chi connectivity index (χ1v) is 22.1. The quantitative estimate of drug-likeness (QED) is 0.0671. The topological polar surface area (TPSA) is 222 Å². The maximum atomic E-state index is 12.6. The van der Waals surface area contributed by atoms with Crippen molar-refractivity contribution in [2.45, 2.75) is 77.2 Å². The van der Waals surface area contributed by atoms with Crippen LogP contribution in [0.1, 0.15) is 68.6 Å². The normalized spacial score (nSPS) is 15.2. The van der Waals surface area contributed by atoms with E-state index in [2.05, 4.69) is 30.4 Å². The van der Waals surface area contributed by atoms with Crippen LogP contribution in [0.5, 0.6) is 0 Å². The fraction of sp³-hybridized carbons (Fsp3) is 0.478. The number of carbonyl (C=O) groups excluding carboxylic acids is 3. The minimum atomic E-state index is -0.960. The Bertz CT molecular complexity index is 2150. The molecular formula is C46H57N9O8S. The van der Waals surface area contributed by atoms with Crippen molar-refractivity contribution in [3.63, 3.8) is 0 Å². The highest BCUT2D eigenvalue weighted by Gasteiger charge is 2.27. The number of hydrogen-bond donors (Lipinski definition) is 2. The third-order valence-electron chi connectivity index (χ3n) is 10.7. The monoisotopic (exact) mass is 895 g/mol. The smallest absolute Gasteiger partial charge is 0.317 e. The number of thiocarbonyl (C=S) groups is 1. The van der Waals surface area contributed by atoms with E-state index in [-0.39, 0.29) is 55.3 Å². The zero-order valence-corrected chi connectivity index (χ0v) is 37.2. The first-order valence-electron chi connectivity index (χ1n) is 21.7. The second kappa shape index (κ2) is 26.2. The van der Waals surface area contributed by atoms with E-state index in [0.717, 1.165) is 34.4 Å². The summed E-state index contributed by atoms with van der Waals surface area (Å²) >= 11 is 5.68. The molecule has 0 spiro atoms. The predicted octanol–water partition coefficient (Wildman–Crippen LogP) is 4.02. The average Bonchev–Trinajstić information content (AvgIpc) is 3.33. The summed E-state index contributed by atoms with van der Waals surface area (Å²) in [6, 6.07) is 16.9. The van der Waals surface area contributed by atoms with Crippen molar-refractivity contribution in [2.75, 3.05) is 65.6 Å². The highest BCUT2D eigenvalue weighted by atomic mass is 32.1. The van der Waals surface area contributed by atoms with Gasteiger partial charge in [0.05, 0.1) is 19.6 Å². The number of rotatable bonds is 26. The Labute approximate surface area is 378 Å². The van der Waals surface area contributed by atoms with Crippen molar-refractivity contribution in [1.82, 2.24) is 45.1 Å². The Morgan fingerprint density at radius 1 is 0.656 bits per heavy atom. The molecule has 0 saturated carbocycles. The van der Waals surface area contributed by atoms with Crippen molar-refractivity contribution < 1.29 is 38.9 Å². The van der Waals surface area contributed by atoms with E-state index in [1.807, 2.05) is 40.1 Å². The molecule has 4 heterocycles. The van der Waals surface area contributed by atoms with E-state index in [0.29, 0.717) is 108 Å². The number of Topliss-reactive ketones (excluding diaryl/α,β-unsaturated/α-hetero) is 3. The predicted molar refractivity (Wildman–Crippen MR) is 242 cm³/mol. The SMILES string of the molecule is CC(=O)CN1CCN(CC(=O)O)CCN(CC(=O)O)C(Cc2ccc(CC(=S)CCCOCCCC(=O)CCCC(=O)Cc3ccc(-c4nnc(-c5ccccn5)nn4)nc3)cc2)C1. The van der Waals surface area contributed by atoms with Crippen molar-refractivity contribution in [3.05, 3.63) is 83.7 Å². The molecule has 1 atom stereocenters. The van der Waals surface area contributed by atoms with E-state index in [1.165, 1.54) is 6.92 Å². The van der Waals surface area contributed by atoms with Crippen molar-refractivity contribution in [2.24, 2.45) is 0 Å². The molecule has 2 N–H and O–H groups in total. The number of benzene rings is 1. The van der Waals surface area contributed by atoms with Crippen LogP contribution in [-0.2, 0) is 48.0 Å². The molecule has 0 amide bonds. The highest BCUT2D eigenvalue weighted by Crippen LogP contribution is 2.17. The lowest BCUT2D eigenvalue weighted by Crippen LogP contribution is -2.48. The van der Waals surface area contributed by atoms with E-state index < -0.39 is 11.9 Å². The van der Waals surface area contributed by atoms with E-state index >= 15 is 0 Å². The van der Waals surface area contributed by atoms with Crippen LogP contribution in [0, 0.1) is 0 Å². The lowest BCUT2D eigenvalue weighted by molar-refractivity contribution is -0.140. The number of carboxylic acids is 2. The van der Waals surface area contributed by atoms with E-state index in [4.69, 9.17) is 17.0 Å². The summed E-state index contributed by atoms with van der Waals surface area (Å²) in [6.07, 6.45) is 8.38. The molecule has 1 unspecified atom stereocenters. The molecule has 0 radical (unpaired) electrons. The third-order valence-corrected chi connectivity index (χ3v) is 11.0. The number of nitrogens with zero attached hydrogens (tertiary/aromatic N) is 9. The number of aromatic nitrogens is 6. The van der Waals surface area contributed by atoms with Crippen LogP contribution in [0.25, 0.3) is 23.0 Å². The van der Waals surface area contributed by atoms with Crippen LogP contribution < -0.4 is 0 Å². The van der Waals surface area contributed by atoms with Gasteiger partial charge < -0.3 is 14.9 Å². The van der Waals surface area contributed by atoms with E-state index in [9.17, 15) is 34.2 Å². The number of pyridine rings is 2. The minimum Gasteiger partial charge on any atom is -0.480 e. The zero-order chi connectivity index (χ0) is 45.7. The zero-order valence-electron chi connectivity index (χ0n) is 36.3. The number of hydrogen-bond acceptors (Lipinski definition) is 16. The summed E-state index contributed by atoms with van der Waals surface area (Å²) in [5.41, 5.74) is 3.92. The lowest BCUT2D eigenvalue weighted by atomic mass is 10.00. The molecule has 340 valence electrons. The molecule has 1 aromatic carbocycles. The van der Waals surface area contributed by atoms with Crippen LogP contribution in [-0.4, -0.2) is 161 Å². The molecule has 5 rings (SSSR count). The molecule has 1 fully saturated rings. The van der Waals surface area contributed by atoms with Crippen molar-refractivity contribution in [1.29, 1.82) is 0 Å². The molecule has 18 heteroatoms. The van der Waals surface area contributed by atoms with Gasteiger partial charge in [-0.1, -0.05) is 48.6 Å². The summed E-state index contributed by atoms with van der Waals surface area (Å²) < 4.78 is 5.77. The van der Waals surface area contributed by atoms with Gasteiger partial charge in [0, 0.05) is 96.5 Å². The fourth-order valence-corrected chi connectivity index (χ4v) is 7.79. The molecule has 4 aromatic rings. The van der Waals surface area contributed by atoms with Crippen LogP contribution in [0.4, 0.5) is 0 Å². The van der Waals surface area contributed by atoms with Crippen molar-refractivity contribution in [3.8, 4) is 23.0 Å². The summed E-state index contributed by atoms with van der Waals surface area (Å²) in [6.45, 7) is 4.69. The number of ketones is 3. The van der Waals surface area contributed by atoms with Gasteiger partial charge >= 0.3 is 11.9 Å². The first-order chi connectivity index (χ1) is 30.9. The van der Waals surface area contributed by atoms with Gasteiger partial charge in [-0.15, -0.1) is 20.4 Å². The standard InChI is InChI=1S/C46H57N9O8S/c1-33(56)29-54-20-19-53(31-43(59)60)21-22-55(32-44(61)62)37(30-54)25-34-12-14-35(15-13-34)27-40(64)10-6-24-63-23-5-9-38(57)7-4-8-39(58)26-36-16-17-42(48-28-36)46-51-49-45(50-52-46)41-11-2-3-18-47-41/h2-3,11-18,28,37H,4-10,19-27,29-32H2,1H3,(H,59,60)(H,61,62). The maximum Gasteiger partial charge on any atom is 0.317 e. The number of aliphatic carboxylic acids is 2. The molecule has 64 heavy (non-hydrogen) atoms. The van der Waals surface area contributed by atoms with Gasteiger partial charge in [0.15, 0.2) is 0 Å². The Balaban J connectivity index is 0.936. The molecule has 3 aromatic heterocycles. The molecular weight excluding hydrogens is 839 g/mol. The molecule has 1 aliphatic rings. The third kappa shape index (κ3) is 17.8. The average molecular weight is 896 g/mol. The molecule has 0 aliphatic carbocycles. The summed E-state index contributed by atoms with van der Waals surface area (Å²) in [4.78, 5) is 75.6. The van der Waals surface area contributed by atoms with E-state index in [1.54, 1.807) is 41.6 Å². The molecule has 17 nitrogen and oxygen atoms in total. The number of ether oxygens (including phenoxy) is 1. The fourth-order valence-electron chi connectivity index (χ4n) is 7.48. The van der Waals surface area contributed by atoms with Gasteiger partial charge in [-0.2, -0.15) is 0 Å². The van der Waals surface area contributed by atoms with Gasteiger partial charge in [-0.05, 0) is 78.8 Å². The Kier molecular flexibility index (Phi) is 20.2. The summed E-state index contributed by atoms with van der Waals surface area (Å²) in [5.74, 6) is -1.18. The second-order valence-corrected chi connectivity index (χ2v) is 16.7. The summed E-state index contributed by atoms with van der Waals surface area (Å²) in [5, 5.41) is 35.5. The second-order valence-electron chi connectivity index (χ2n) is 16.1. The Morgan fingerprint density at radius 3 is 1.91 bits per heavy atom. The molecule has 1 aliphatic heterocycles. The molecule has 1 saturated heterocycles. The highest BCUT2D eigenvalue weighted by molar-refractivity contribution is 7.80. The van der Waals surface area contributed by atoms with Gasteiger partial charge in [-0.25, -0.2) is 0 Å². The van der Waals surface area contributed by atoms with Crippen LogP contribution in [0.3, 0.4) is 0 Å². The van der Waals surface area contributed by atoms with Gasteiger partial charge in [0.2, 0.25) is 11.6 Å². The Morgan fingerprint density at radius 2 is 1.27 bits per heavy atom. The van der Waals surface area contributed by atoms with Crippen LogP contribution in [0.15, 0.2) is 67.0 Å². The van der Waals surface area contributed by atoms with Crippen molar-refractivity contribution >= 4 is 46.4 Å². The van der Waals surface area contributed by atoms with Gasteiger partial charge in [-0.3, -0.25) is 48.6 Å².